The van der Waals surface area contributed by atoms with E-state index in [4.69, 9.17) is 0 Å². The molecule has 2 saturated heterocycles. The number of cyclic esters (lactones) is 4. The molecule has 110 valence electrons. The fraction of sp³-hybridized carbons (Fsp3) is 0.467. The van der Waals surface area contributed by atoms with E-state index < -0.39 is 41.1 Å². The smallest absolute Gasteiger partial charge is 0.321 e. The highest BCUT2D eigenvalue weighted by molar-refractivity contribution is 5.97. The molecule has 0 bridgehead atoms. The normalized spacial score (nSPS) is 35.8. The zero-order valence-electron chi connectivity index (χ0n) is 11.5. The van der Waals surface area contributed by atoms with Crippen molar-refractivity contribution in [2.45, 2.75) is 26.2 Å². The third-order valence-electron chi connectivity index (χ3n) is 4.37. The molecule has 0 radical (unpaired) electrons. The van der Waals surface area contributed by atoms with Gasteiger partial charge < -0.3 is 9.47 Å². The van der Waals surface area contributed by atoms with Gasteiger partial charge in [0.1, 0.15) is 0 Å². The first kappa shape index (κ1) is 13.7. The molecule has 3 rings (SSSR count). The Morgan fingerprint density at radius 3 is 2.19 bits per heavy atom. The molecular weight excluding hydrogens is 276 g/mol. The van der Waals surface area contributed by atoms with Crippen molar-refractivity contribution in [3.8, 4) is 0 Å². The van der Waals surface area contributed by atoms with Crippen molar-refractivity contribution in [1.29, 1.82) is 0 Å². The van der Waals surface area contributed by atoms with E-state index in [1.54, 1.807) is 6.08 Å². The van der Waals surface area contributed by atoms with Gasteiger partial charge in [0.2, 0.25) is 0 Å². The summed E-state index contributed by atoms with van der Waals surface area (Å²) in [6.07, 6.45) is 6.03. The van der Waals surface area contributed by atoms with Gasteiger partial charge in [-0.15, -0.1) is 0 Å². The molecule has 0 N–H and O–H groups in total. The zero-order valence-corrected chi connectivity index (χ0v) is 11.5. The summed E-state index contributed by atoms with van der Waals surface area (Å²) in [5.74, 6) is -3.11. The number of hydrogen-bond acceptors (Lipinski definition) is 6. The first-order valence-corrected chi connectivity index (χ1v) is 6.77. The molecule has 0 saturated carbocycles. The van der Waals surface area contributed by atoms with Crippen LogP contribution in [0.3, 0.4) is 0 Å². The van der Waals surface area contributed by atoms with Crippen molar-refractivity contribution < 1.29 is 28.7 Å². The van der Waals surface area contributed by atoms with Crippen molar-refractivity contribution in [3.63, 3.8) is 0 Å². The third kappa shape index (κ3) is 2.30. The Morgan fingerprint density at radius 2 is 1.71 bits per heavy atom. The van der Waals surface area contributed by atoms with Crippen molar-refractivity contribution in [3.05, 3.63) is 23.8 Å². The molecule has 0 spiro atoms. The van der Waals surface area contributed by atoms with Gasteiger partial charge in [0.05, 0.1) is 24.7 Å². The Bertz CT molecular complexity index is 614. The minimum absolute atomic E-state index is 0.0513. The van der Waals surface area contributed by atoms with Crippen LogP contribution in [-0.2, 0) is 28.7 Å². The van der Waals surface area contributed by atoms with Crippen molar-refractivity contribution in [2.75, 3.05) is 0 Å². The number of rotatable bonds is 2. The van der Waals surface area contributed by atoms with Crippen LogP contribution in [0.15, 0.2) is 23.8 Å². The molecule has 21 heavy (non-hydrogen) atoms. The maximum Gasteiger partial charge on any atom is 0.321 e. The standard InChI is InChI=1S/C15H14O6/c1-15(10-7-12(17)21-14(10)19)4-2-8(3-5-15)9-6-11(16)20-13(9)18/h2-4,9-10H,5-7H2,1H3. The van der Waals surface area contributed by atoms with E-state index >= 15 is 0 Å². The second kappa shape index (κ2) is 4.65. The summed E-state index contributed by atoms with van der Waals surface area (Å²) in [5.41, 5.74) is 0.209. The van der Waals surface area contributed by atoms with Gasteiger partial charge in [0.15, 0.2) is 0 Å². The Balaban J connectivity index is 1.76. The molecule has 0 amide bonds. The molecule has 6 heteroatoms. The summed E-state index contributed by atoms with van der Waals surface area (Å²) in [7, 11) is 0. The van der Waals surface area contributed by atoms with Crippen molar-refractivity contribution in [2.24, 2.45) is 17.3 Å². The van der Waals surface area contributed by atoms with Crippen molar-refractivity contribution >= 4 is 23.9 Å². The minimum atomic E-state index is -0.560. The average Bonchev–Trinajstić information content (AvgIpc) is 2.93. The lowest BCUT2D eigenvalue weighted by Crippen LogP contribution is -2.30. The van der Waals surface area contributed by atoms with Crippen LogP contribution in [0.1, 0.15) is 26.2 Å². The molecule has 3 aliphatic rings. The molecular formula is C15H14O6. The van der Waals surface area contributed by atoms with E-state index in [2.05, 4.69) is 9.47 Å². The Hall–Kier alpha value is -2.24. The quantitative estimate of drug-likeness (QED) is 0.558. The second-order valence-corrected chi connectivity index (χ2v) is 5.85. The van der Waals surface area contributed by atoms with Crippen LogP contribution in [0.25, 0.3) is 0 Å². The van der Waals surface area contributed by atoms with Gasteiger partial charge >= 0.3 is 23.9 Å². The van der Waals surface area contributed by atoms with E-state index in [0.29, 0.717) is 6.42 Å². The summed E-state index contributed by atoms with van der Waals surface area (Å²) in [4.78, 5) is 45.6. The SMILES string of the molecule is CC1(C2CC(=O)OC2=O)C=CC(C2CC(=O)OC2=O)=CC1. The summed E-state index contributed by atoms with van der Waals surface area (Å²) < 4.78 is 9.14. The number of allylic oxidation sites excluding steroid dienone is 3. The van der Waals surface area contributed by atoms with E-state index in [1.165, 1.54) is 0 Å². The summed E-state index contributed by atoms with van der Waals surface area (Å²) in [6.45, 7) is 1.87. The molecule has 1 aliphatic carbocycles. The number of ether oxygens (including phenoxy) is 2. The maximum absolute atomic E-state index is 11.7. The van der Waals surface area contributed by atoms with Gasteiger partial charge in [0, 0.05) is 5.41 Å². The lowest BCUT2D eigenvalue weighted by atomic mass is 9.70. The molecule has 3 atom stereocenters. The lowest BCUT2D eigenvalue weighted by molar-refractivity contribution is -0.155. The number of carbonyl (C=O) groups is 4. The van der Waals surface area contributed by atoms with Gasteiger partial charge in [-0.05, 0) is 12.0 Å². The number of carbonyl (C=O) groups excluding carboxylic acids is 4. The van der Waals surface area contributed by atoms with Crippen LogP contribution in [0, 0.1) is 17.3 Å². The lowest BCUT2D eigenvalue weighted by Gasteiger charge is -2.31. The molecule has 0 aromatic carbocycles. The van der Waals surface area contributed by atoms with E-state index in [9.17, 15) is 19.2 Å². The average molecular weight is 290 g/mol. The van der Waals surface area contributed by atoms with Crippen LogP contribution >= 0.6 is 0 Å². The van der Waals surface area contributed by atoms with E-state index in [0.717, 1.165) is 5.57 Å². The van der Waals surface area contributed by atoms with Gasteiger partial charge in [-0.1, -0.05) is 25.2 Å². The molecule has 2 aliphatic heterocycles. The topological polar surface area (TPSA) is 86.7 Å². The largest absolute Gasteiger partial charge is 0.393 e. The third-order valence-corrected chi connectivity index (χ3v) is 4.37. The molecule has 3 unspecified atom stereocenters. The summed E-state index contributed by atoms with van der Waals surface area (Å²) >= 11 is 0. The predicted molar refractivity (Wildman–Crippen MR) is 68.4 cm³/mol. The number of hydrogen-bond donors (Lipinski definition) is 0. The minimum Gasteiger partial charge on any atom is -0.393 e. The van der Waals surface area contributed by atoms with E-state index in [-0.39, 0.29) is 12.8 Å². The van der Waals surface area contributed by atoms with Crippen LogP contribution in [-0.4, -0.2) is 23.9 Å². The van der Waals surface area contributed by atoms with E-state index in [1.807, 2.05) is 19.1 Å². The Morgan fingerprint density at radius 1 is 1.05 bits per heavy atom. The molecule has 0 aromatic rings. The summed E-state index contributed by atoms with van der Waals surface area (Å²) in [5, 5.41) is 0. The Labute approximate surface area is 120 Å². The highest BCUT2D eigenvalue weighted by atomic mass is 16.6. The van der Waals surface area contributed by atoms with Gasteiger partial charge in [-0.2, -0.15) is 0 Å². The monoisotopic (exact) mass is 290 g/mol. The molecule has 2 heterocycles. The number of esters is 4. The first-order valence-electron chi connectivity index (χ1n) is 6.77. The van der Waals surface area contributed by atoms with Crippen LogP contribution < -0.4 is 0 Å². The fourth-order valence-corrected chi connectivity index (χ4v) is 2.98. The van der Waals surface area contributed by atoms with Gasteiger partial charge in [0.25, 0.3) is 0 Å². The van der Waals surface area contributed by atoms with Crippen LogP contribution in [0.5, 0.6) is 0 Å². The fourth-order valence-electron chi connectivity index (χ4n) is 2.98. The zero-order chi connectivity index (χ0) is 15.2. The van der Waals surface area contributed by atoms with Crippen LogP contribution in [0.2, 0.25) is 0 Å². The molecule has 6 nitrogen and oxygen atoms in total. The highest BCUT2D eigenvalue weighted by Crippen LogP contribution is 2.43. The molecule has 0 aromatic heterocycles. The summed E-state index contributed by atoms with van der Waals surface area (Å²) in [6, 6.07) is 0. The maximum atomic E-state index is 11.7. The van der Waals surface area contributed by atoms with Gasteiger partial charge in [-0.25, -0.2) is 0 Å². The predicted octanol–water partition coefficient (Wildman–Crippen LogP) is 1.06. The van der Waals surface area contributed by atoms with Crippen molar-refractivity contribution in [1.82, 2.24) is 0 Å². The second-order valence-electron chi connectivity index (χ2n) is 5.85. The Kier molecular flexibility index (Phi) is 3.04. The van der Waals surface area contributed by atoms with Gasteiger partial charge in [-0.3, -0.25) is 19.2 Å². The van der Waals surface area contributed by atoms with Crippen LogP contribution in [0.4, 0.5) is 0 Å². The highest BCUT2D eigenvalue weighted by Gasteiger charge is 2.46. The first-order chi connectivity index (χ1) is 9.89. The molecule has 2 fully saturated rings.